The van der Waals surface area contributed by atoms with Crippen molar-refractivity contribution < 1.29 is 9.53 Å². The zero-order chi connectivity index (χ0) is 14.4. The van der Waals surface area contributed by atoms with Gasteiger partial charge in [0.25, 0.3) is 0 Å². The summed E-state index contributed by atoms with van der Waals surface area (Å²) in [5, 5.41) is 3.35. The van der Waals surface area contributed by atoms with Gasteiger partial charge in [-0.1, -0.05) is 6.92 Å². The molecule has 1 atom stereocenters. The lowest BCUT2D eigenvalue weighted by atomic mass is 10.0. The third-order valence-corrected chi connectivity index (χ3v) is 4.46. The molecule has 0 spiro atoms. The fourth-order valence-electron chi connectivity index (χ4n) is 3.16. The van der Waals surface area contributed by atoms with Gasteiger partial charge in [-0.25, -0.2) is 0 Å². The highest BCUT2D eigenvalue weighted by atomic mass is 16.5. The SMILES string of the molecule is CCCN1CCC(N(C)C(=O)CC2COCCN2)CC1. The topological polar surface area (TPSA) is 44.8 Å². The molecule has 5 heteroatoms. The Bertz CT molecular complexity index is 297. The third kappa shape index (κ3) is 4.43. The maximum absolute atomic E-state index is 12.3. The molecule has 0 bridgehead atoms. The second-order valence-corrected chi connectivity index (χ2v) is 6.01. The van der Waals surface area contributed by atoms with E-state index in [-0.39, 0.29) is 11.9 Å². The van der Waals surface area contributed by atoms with Gasteiger partial charge in [0, 0.05) is 45.2 Å². The molecule has 2 aliphatic rings. The van der Waals surface area contributed by atoms with Crippen molar-refractivity contribution in [2.24, 2.45) is 0 Å². The smallest absolute Gasteiger partial charge is 0.224 e. The van der Waals surface area contributed by atoms with E-state index in [1.807, 2.05) is 11.9 Å². The van der Waals surface area contributed by atoms with Crippen molar-refractivity contribution in [3.05, 3.63) is 0 Å². The summed E-state index contributed by atoms with van der Waals surface area (Å²) in [6.45, 7) is 7.94. The number of hydrogen-bond donors (Lipinski definition) is 1. The van der Waals surface area contributed by atoms with Gasteiger partial charge in [-0.3, -0.25) is 4.79 Å². The molecule has 0 aromatic heterocycles. The maximum atomic E-state index is 12.3. The minimum atomic E-state index is 0.193. The van der Waals surface area contributed by atoms with Crippen molar-refractivity contribution in [2.75, 3.05) is 46.4 Å². The van der Waals surface area contributed by atoms with Gasteiger partial charge < -0.3 is 19.9 Å². The van der Waals surface area contributed by atoms with Crippen LogP contribution in [0.25, 0.3) is 0 Å². The van der Waals surface area contributed by atoms with E-state index >= 15 is 0 Å². The van der Waals surface area contributed by atoms with Crippen molar-refractivity contribution in [1.29, 1.82) is 0 Å². The van der Waals surface area contributed by atoms with Gasteiger partial charge in [0.1, 0.15) is 0 Å². The number of amides is 1. The average Bonchev–Trinajstić information content (AvgIpc) is 2.48. The predicted octanol–water partition coefficient (Wildman–Crippen LogP) is 0.698. The molecule has 2 saturated heterocycles. The number of rotatable bonds is 5. The molecule has 0 aromatic rings. The summed E-state index contributed by atoms with van der Waals surface area (Å²) in [5.41, 5.74) is 0. The number of ether oxygens (including phenoxy) is 1. The summed E-state index contributed by atoms with van der Waals surface area (Å²) >= 11 is 0. The lowest BCUT2D eigenvalue weighted by molar-refractivity contribution is -0.134. The number of nitrogens with zero attached hydrogens (tertiary/aromatic N) is 2. The average molecular weight is 283 g/mol. The molecule has 1 amide bonds. The van der Waals surface area contributed by atoms with Crippen molar-refractivity contribution in [3.63, 3.8) is 0 Å². The van der Waals surface area contributed by atoms with Crippen LogP contribution in [0, 0.1) is 0 Å². The molecular formula is C15H29N3O2. The zero-order valence-electron chi connectivity index (χ0n) is 12.9. The highest BCUT2D eigenvalue weighted by Crippen LogP contribution is 2.17. The summed E-state index contributed by atoms with van der Waals surface area (Å²) in [6, 6.07) is 0.610. The molecule has 2 aliphatic heterocycles. The van der Waals surface area contributed by atoms with Crippen molar-refractivity contribution in [1.82, 2.24) is 15.1 Å². The van der Waals surface area contributed by atoms with Crippen LogP contribution in [0.1, 0.15) is 32.6 Å². The van der Waals surface area contributed by atoms with Gasteiger partial charge in [0.15, 0.2) is 0 Å². The first-order chi connectivity index (χ1) is 9.70. The highest BCUT2D eigenvalue weighted by molar-refractivity contribution is 5.77. The Hall–Kier alpha value is -0.650. The Morgan fingerprint density at radius 1 is 1.40 bits per heavy atom. The van der Waals surface area contributed by atoms with E-state index in [1.54, 1.807) is 0 Å². The molecule has 0 saturated carbocycles. The number of morpholine rings is 1. The summed E-state index contributed by atoms with van der Waals surface area (Å²) in [7, 11) is 1.96. The molecule has 20 heavy (non-hydrogen) atoms. The van der Waals surface area contributed by atoms with Gasteiger partial charge in [-0.2, -0.15) is 0 Å². The minimum absolute atomic E-state index is 0.193. The van der Waals surface area contributed by atoms with Gasteiger partial charge in [-0.15, -0.1) is 0 Å². The summed E-state index contributed by atoms with van der Waals surface area (Å²) in [4.78, 5) is 16.8. The summed E-state index contributed by atoms with van der Waals surface area (Å²) in [6.07, 6.45) is 3.99. The number of carbonyl (C=O) groups excluding carboxylic acids is 1. The van der Waals surface area contributed by atoms with Crippen molar-refractivity contribution >= 4 is 5.91 Å². The van der Waals surface area contributed by atoms with Gasteiger partial charge in [-0.05, 0) is 25.8 Å². The van der Waals surface area contributed by atoms with E-state index in [1.165, 1.54) is 13.0 Å². The lowest BCUT2D eigenvalue weighted by Gasteiger charge is -2.37. The van der Waals surface area contributed by atoms with Crippen LogP contribution in [0.15, 0.2) is 0 Å². The van der Waals surface area contributed by atoms with Crippen LogP contribution in [0.2, 0.25) is 0 Å². The van der Waals surface area contributed by atoms with Crippen LogP contribution >= 0.6 is 0 Å². The molecule has 1 N–H and O–H groups in total. The van der Waals surface area contributed by atoms with Crippen molar-refractivity contribution in [3.8, 4) is 0 Å². The van der Waals surface area contributed by atoms with E-state index in [0.717, 1.165) is 39.1 Å². The van der Waals surface area contributed by atoms with E-state index in [0.29, 0.717) is 19.1 Å². The minimum Gasteiger partial charge on any atom is -0.378 e. The van der Waals surface area contributed by atoms with Crippen LogP contribution < -0.4 is 5.32 Å². The first-order valence-electron chi connectivity index (χ1n) is 8.00. The van der Waals surface area contributed by atoms with E-state index < -0.39 is 0 Å². The maximum Gasteiger partial charge on any atom is 0.224 e. The second kappa shape index (κ2) is 7.96. The van der Waals surface area contributed by atoms with E-state index in [2.05, 4.69) is 17.1 Å². The molecular weight excluding hydrogens is 254 g/mol. The summed E-state index contributed by atoms with van der Waals surface area (Å²) < 4.78 is 5.41. The molecule has 5 nitrogen and oxygen atoms in total. The zero-order valence-corrected chi connectivity index (χ0v) is 12.9. The third-order valence-electron chi connectivity index (χ3n) is 4.46. The first-order valence-corrected chi connectivity index (χ1v) is 8.00. The van der Waals surface area contributed by atoms with E-state index in [9.17, 15) is 4.79 Å². The number of likely N-dealkylation sites (tertiary alicyclic amines) is 1. The Balaban J connectivity index is 1.73. The Kier molecular flexibility index (Phi) is 6.26. The molecule has 2 rings (SSSR count). The largest absolute Gasteiger partial charge is 0.378 e. The highest BCUT2D eigenvalue weighted by Gasteiger charge is 2.26. The normalized spacial score (nSPS) is 25.6. The number of piperidine rings is 1. The lowest BCUT2D eigenvalue weighted by Crippen LogP contribution is -2.49. The van der Waals surface area contributed by atoms with Crippen LogP contribution in [-0.2, 0) is 9.53 Å². The fourth-order valence-corrected chi connectivity index (χ4v) is 3.16. The van der Waals surface area contributed by atoms with Gasteiger partial charge in [0.05, 0.1) is 13.2 Å². The quantitative estimate of drug-likeness (QED) is 0.807. The molecule has 2 fully saturated rings. The van der Waals surface area contributed by atoms with Crippen LogP contribution in [0.5, 0.6) is 0 Å². The molecule has 2 heterocycles. The molecule has 0 radical (unpaired) electrons. The predicted molar refractivity (Wildman–Crippen MR) is 79.7 cm³/mol. The first kappa shape index (κ1) is 15.7. The molecule has 116 valence electrons. The Morgan fingerprint density at radius 2 is 2.15 bits per heavy atom. The van der Waals surface area contributed by atoms with Crippen LogP contribution in [0.4, 0.5) is 0 Å². The number of nitrogens with one attached hydrogen (secondary N) is 1. The van der Waals surface area contributed by atoms with E-state index in [4.69, 9.17) is 4.74 Å². The number of carbonyl (C=O) groups is 1. The van der Waals surface area contributed by atoms with Crippen LogP contribution in [0.3, 0.4) is 0 Å². The Morgan fingerprint density at radius 3 is 2.75 bits per heavy atom. The monoisotopic (exact) mass is 283 g/mol. The van der Waals surface area contributed by atoms with Gasteiger partial charge in [0.2, 0.25) is 5.91 Å². The number of hydrogen-bond acceptors (Lipinski definition) is 4. The van der Waals surface area contributed by atoms with Gasteiger partial charge >= 0.3 is 0 Å². The summed E-state index contributed by atoms with van der Waals surface area (Å²) in [5.74, 6) is 0.252. The molecule has 0 aliphatic carbocycles. The Labute approximate surface area is 122 Å². The molecule has 0 aromatic carbocycles. The van der Waals surface area contributed by atoms with Crippen molar-refractivity contribution in [2.45, 2.75) is 44.7 Å². The fraction of sp³-hybridized carbons (Fsp3) is 0.933. The molecule has 1 unspecified atom stereocenters. The van der Waals surface area contributed by atoms with Crippen LogP contribution in [-0.4, -0.2) is 74.2 Å². The second-order valence-electron chi connectivity index (χ2n) is 6.01. The standard InChI is InChI=1S/C15H29N3O2/c1-3-7-18-8-4-14(5-9-18)17(2)15(19)11-13-12-20-10-6-16-13/h13-14,16H,3-12H2,1-2H3.